The molecule has 0 N–H and O–H groups in total. The summed E-state index contributed by atoms with van der Waals surface area (Å²) in [5.74, 6) is 0.453. The molecule has 0 aliphatic carbocycles. The largest absolute Gasteiger partial charge is 0.484 e. The third-order valence-electron chi connectivity index (χ3n) is 6.16. The normalized spacial score (nSPS) is 17.1. The monoisotopic (exact) mass is 492 g/mol. The molecule has 0 aromatic heterocycles. The number of aryl methyl sites for hydroxylation is 2. The first kappa shape index (κ1) is 25.4. The summed E-state index contributed by atoms with van der Waals surface area (Å²) in [6.45, 7) is 10.0. The molecule has 1 aliphatic heterocycles. The number of amides is 1. The van der Waals surface area contributed by atoms with E-state index < -0.39 is 9.84 Å². The van der Waals surface area contributed by atoms with Gasteiger partial charge in [-0.3, -0.25) is 4.79 Å². The number of ether oxygens (including phenoxy) is 1. The second-order valence-corrected chi connectivity index (χ2v) is 11.2. The maximum Gasteiger partial charge on any atom is 0.261 e. The summed E-state index contributed by atoms with van der Waals surface area (Å²) in [5.41, 5.74) is 3.85. The average Bonchev–Trinajstić information content (AvgIpc) is 3.15. The number of rotatable bonds is 9. The first-order valence-corrected chi connectivity index (χ1v) is 13.6. The van der Waals surface area contributed by atoms with Crippen LogP contribution in [0.1, 0.15) is 37.0 Å². The van der Waals surface area contributed by atoms with Gasteiger partial charge in [-0.1, -0.05) is 23.7 Å². The maximum absolute atomic E-state index is 13.2. The van der Waals surface area contributed by atoms with Gasteiger partial charge in [-0.2, -0.15) is 0 Å². The zero-order valence-electron chi connectivity index (χ0n) is 19.8. The molecule has 0 spiro atoms. The van der Waals surface area contributed by atoms with Crippen LogP contribution in [0.5, 0.6) is 5.75 Å². The van der Waals surface area contributed by atoms with Gasteiger partial charge in [-0.05, 0) is 75.1 Å². The molecule has 1 saturated heterocycles. The standard InChI is InChI=1S/C25H33ClN2O4S/c1-5-27(6-2)21-9-7-20(8-10-21)15-28(22-11-12-33(30,31)17-22)24(29)16-32-23-13-18(3)25(26)19(4)14-23/h7-10,13-14,22H,5-6,11-12,15-17H2,1-4H3. The van der Waals surface area contributed by atoms with Crippen molar-refractivity contribution in [1.29, 1.82) is 0 Å². The lowest BCUT2D eigenvalue weighted by Crippen LogP contribution is -2.43. The fraction of sp³-hybridized carbons (Fsp3) is 0.480. The van der Waals surface area contributed by atoms with Crippen LogP contribution in [0.2, 0.25) is 5.02 Å². The van der Waals surface area contributed by atoms with E-state index in [1.54, 1.807) is 17.0 Å². The van der Waals surface area contributed by atoms with Crippen molar-refractivity contribution in [3.05, 3.63) is 58.1 Å². The molecule has 1 fully saturated rings. The Kier molecular flexibility index (Phi) is 8.29. The number of carbonyl (C=O) groups excluding carboxylic acids is 1. The molecule has 1 heterocycles. The van der Waals surface area contributed by atoms with Crippen molar-refractivity contribution in [3.63, 3.8) is 0 Å². The molecule has 2 aromatic carbocycles. The molecule has 0 bridgehead atoms. The van der Waals surface area contributed by atoms with Crippen LogP contribution in [0.4, 0.5) is 5.69 Å². The molecule has 1 amide bonds. The molecular weight excluding hydrogens is 460 g/mol. The molecule has 180 valence electrons. The van der Waals surface area contributed by atoms with Crippen molar-refractivity contribution in [2.75, 3.05) is 36.1 Å². The summed E-state index contributed by atoms with van der Waals surface area (Å²) in [6.07, 6.45) is 0.449. The van der Waals surface area contributed by atoms with Crippen LogP contribution in [-0.2, 0) is 21.2 Å². The second-order valence-electron chi connectivity index (χ2n) is 8.58. The van der Waals surface area contributed by atoms with Crippen molar-refractivity contribution < 1.29 is 17.9 Å². The zero-order valence-corrected chi connectivity index (χ0v) is 21.4. The van der Waals surface area contributed by atoms with E-state index in [1.807, 2.05) is 38.1 Å². The van der Waals surface area contributed by atoms with Crippen LogP contribution in [0.3, 0.4) is 0 Å². The Hall–Kier alpha value is -2.25. The minimum atomic E-state index is -3.13. The number of hydrogen-bond acceptors (Lipinski definition) is 5. The lowest BCUT2D eigenvalue weighted by atomic mass is 10.1. The van der Waals surface area contributed by atoms with Crippen molar-refractivity contribution in [3.8, 4) is 5.75 Å². The highest BCUT2D eigenvalue weighted by Crippen LogP contribution is 2.26. The van der Waals surface area contributed by atoms with E-state index in [4.69, 9.17) is 16.3 Å². The number of sulfone groups is 1. The Bertz CT molecular complexity index is 1060. The van der Waals surface area contributed by atoms with E-state index in [2.05, 4.69) is 18.7 Å². The van der Waals surface area contributed by atoms with Crippen LogP contribution in [0.25, 0.3) is 0 Å². The van der Waals surface area contributed by atoms with E-state index in [-0.39, 0.29) is 30.1 Å². The molecule has 1 unspecified atom stereocenters. The van der Waals surface area contributed by atoms with Gasteiger partial charge < -0.3 is 14.5 Å². The Labute approximate surface area is 202 Å². The topological polar surface area (TPSA) is 66.9 Å². The smallest absolute Gasteiger partial charge is 0.261 e. The summed E-state index contributed by atoms with van der Waals surface area (Å²) < 4.78 is 30.0. The molecule has 2 aromatic rings. The number of halogens is 1. The fourth-order valence-corrected chi connectivity index (χ4v) is 6.10. The number of nitrogens with zero attached hydrogens (tertiary/aromatic N) is 2. The third-order valence-corrected chi connectivity index (χ3v) is 8.51. The van der Waals surface area contributed by atoms with E-state index in [1.165, 1.54) is 0 Å². The highest BCUT2D eigenvalue weighted by Gasteiger charge is 2.34. The molecule has 0 saturated carbocycles. The van der Waals surface area contributed by atoms with Gasteiger partial charge in [0.15, 0.2) is 16.4 Å². The van der Waals surface area contributed by atoms with Gasteiger partial charge in [0.1, 0.15) is 5.75 Å². The van der Waals surface area contributed by atoms with Gasteiger partial charge in [0.05, 0.1) is 11.5 Å². The number of hydrogen-bond donors (Lipinski definition) is 0. The fourth-order valence-electron chi connectivity index (χ4n) is 4.26. The van der Waals surface area contributed by atoms with Gasteiger partial charge in [0, 0.05) is 36.4 Å². The van der Waals surface area contributed by atoms with Crippen LogP contribution in [0, 0.1) is 13.8 Å². The highest BCUT2D eigenvalue weighted by atomic mass is 35.5. The highest BCUT2D eigenvalue weighted by molar-refractivity contribution is 7.91. The molecule has 1 aliphatic rings. The molecule has 8 heteroatoms. The molecule has 1 atom stereocenters. The first-order chi connectivity index (χ1) is 15.6. The van der Waals surface area contributed by atoms with Gasteiger partial charge in [0.25, 0.3) is 5.91 Å². The number of benzene rings is 2. The van der Waals surface area contributed by atoms with Gasteiger partial charge in [-0.15, -0.1) is 0 Å². The van der Waals surface area contributed by atoms with E-state index >= 15 is 0 Å². The van der Waals surface area contributed by atoms with Gasteiger partial charge in [-0.25, -0.2) is 8.42 Å². The third kappa shape index (κ3) is 6.42. The number of carbonyl (C=O) groups is 1. The summed E-state index contributed by atoms with van der Waals surface area (Å²) >= 11 is 6.22. The SMILES string of the molecule is CCN(CC)c1ccc(CN(C(=O)COc2cc(C)c(Cl)c(C)c2)C2CCS(=O)(=O)C2)cc1. The van der Waals surface area contributed by atoms with Crippen LogP contribution in [-0.4, -0.2) is 56.5 Å². The maximum atomic E-state index is 13.2. The quantitative estimate of drug-likeness (QED) is 0.519. The van der Waals surface area contributed by atoms with E-state index in [0.717, 1.165) is 35.5 Å². The number of anilines is 1. The Balaban J connectivity index is 1.76. The van der Waals surface area contributed by atoms with E-state index in [0.29, 0.717) is 23.7 Å². The van der Waals surface area contributed by atoms with Crippen molar-refractivity contribution in [2.24, 2.45) is 0 Å². The van der Waals surface area contributed by atoms with Gasteiger partial charge >= 0.3 is 0 Å². The zero-order chi connectivity index (χ0) is 24.2. The average molecular weight is 493 g/mol. The molecule has 6 nitrogen and oxygen atoms in total. The summed E-state index contributed by atoms with van der Waals surface area (Å²) in [7, 11) is -3.13. The summed E-state index contributed by atoms with van der Waals surface area (Å²) in [6, 6.07) is 11.4. The Morgan fingerprint density at radius 2 is 1.70 bits per heavy atom. The minimum absolute atomic E-state index is 0.00453. The van der Waals surface area contributed by atoms with E-state index in [9.17, 15) is 13.2 Å². The molecular formula is C25H33ClN2O4S. The predicted molar refractivity (Wildman–Crippen MR) is 134 cm³/mol. The lowest BCUT2D eigenvalue weighted by Gasteiger charge is -2.29. The van der Waals surface area contributed by atoms with Crippen molar-refractivity contribution in [2.45, 2.75) is 46.7 Å². The Morgan fingerprint density at radius 3 is 2.21 bits per heavy atom. The Morgan fingerprint density at radius 1 is 1.09 bits per heavy atom. The van der Waals surface area contributed by atoms with Gasteiger partial charge in [0.2, 0.25) is 0 Å². The molecule has 0 radical (unpaired) electrons. The van der Waals surface area contributed by atoms with Crippen molar-refractivity contribution in [1.82, 2.24) is 4.90 Å². The first-order valence-electron chi connectivity index (χ1n) is 11.4. The van der Waals surface area contributed by atoms with Crippen LogP contribution < -0.4 is 9.64 Å². The van der Waals surface area contributed by atoms with Crippen LogP contribution in [0.15, 0.2) is 36.4 Å². The lowest BCUT2D eigenvalue weighted by molar-refractivity contribution is -0.136. The van der Waals surface area contributed by atoms with Crippen LogP contribution >= 0.6 is 11.6 Å². The predicted octanol–water partition coefficient (Wildman–Crippen LogP) is 4.40. The minimum Gasteiger partial charge on any atom is -0.484 e. The van der Waals surface area contributed by atoms with Crippen molar-refractivity contribution >= 4 is 33.0 Å². The summed E-state index contributed by atoms with van der Waals surface area (Å²) in [4.78, 5) is 17.1. The second kappa shape index (κ2) is 10.8. The molecule has 33 heavy (non-hydrogen) atoms. The summed E-state index contributed by atoms with van der Waals surface area (Å²) in [5, 5.41) is 0.680. The molecule has 3 rings (SSSR count).